The minimum atomic E-state index is -0.219. The molecule has 0 aliphatic carbocycles. The Balaban J connectivity index is 2.09. The summed E-state index contributed by atoms with van der Waals surface area (Å²) in [6, 6.07) is 8.48. The van der Waals surface area contributed by atoms with Crippen LogP contribution in [-0.2, 0) is 13.0 Å². The van der Waals surface area contributed by atoms with Crippen molar-refractivity contribution in [2.45, 2.75) is 33.2 Å². The molecule has 0 amide bonds. The lowest BCUT2D eigenvalue weighted by Gasteiger charge is -2.07. The Morgan fingerprint density at radius 2 is 1.90 bits per heavy atom. The van der Waals surface area contributed by atoms with Gasteiger partial charge in [0.05, 0.1) is 5.69 Å². The van der Waals surface area contributed by atoms with Crippen molar-refractivity contribution in [1.29, 1.82) is 0 Å². The quantitative estimate of drug-likeness (QED) is 0.822. The molecule has 20 heavy (non-hydrogen) atoms. The van der Waals surface area contributed by atoms with E-state index < -0.39 is 0 Å². The van der Waals surface area contributed by atoms with E-state index in [2.05, 4.69) is 22.2 Å². The first-order valence-corrected chi connectivity index (χ1v) is 6.96. The van der Waals surface area contributed by atoms with E-state index in [1.807, 2.05) is 13.0 Å². The zero-order chi connectivity index (χ0) is 14.4. The zero-order valence-electron chi connectivity index (χ0n) is 12.0. The van der Waals surface area contributed by atoms with E-state index in [-0.39, 0.29) is 5.82 Å². The van der Waals surface area contributed by atoms with Crippen LogP contribution in [0.4, 0.5) is 4.39 Å². The van der Waals surface area contributed by atoms with E-state index in [1.54, 1.807) is 12.1 Å². The van der Waals surface area contributed by atoms with Crippen molar-refractivity contribution in [1.82, 2.24) is 15.3 Å². The van der Waals surface area contributed by atoms with Crippen LogP contribution in [0.5, 0.6) is 0 Å². The summed E-state index contributed by atoms with van der Waals surface area (Å²) >= 11 is 0. The summed E-state index contributed by atoms with van der Waals surface area (Å²) in [5.41, 5.74) is 2.98. The van der Waals surface area contributed by atoms with Crippen LogP contribution in [0.25, 0.3) is 0 Å². The molecule has 0 saturated carbocycles. The number of halogens is 1. The summed E-state index contributed by atoms with van der Waals surface area (Å²) in [5.74, 6) is 0.563. The molecule has 106 valence electrons. The molecule has 1 heterocycles. The van der Waals surface area contributed by atoms with Crippen LogP contribution in [0.15, 0.2) is 30.3 Å². The molecule has 0 saturated heterocycles. The first-order valence-electron chi connectivity index (χ1n) is 6.96. The lowest BCUT2D eigenvalue weighted by Crippen LogP contribution is -2.16. The average Bonchev–Trinajstić information content (AvgIpc) is 2.41. The Bertz CT molecular complexity index is 552. The number of aryl methyl sites for hydroxylation is 1. The maximum Gasteiger partial charge on any atom is 0.133 e. The number of nitrogens with one attached hydrogen (secondary N) is 1. The van der Waals surface area contributed by atoms with Gasteiger partial charge in [-0.05, 0) is 43.7 Å². The molecule has 0 spiro atoms. The van der Waals surface area contributed by atoms with Crippen molar-refractivity contribution in [2.75, 3.05) is 6.54 Å². The van der Waals surface area contributed by atoms with Gasteiger partial charge in [0.1, 0.15) is 11.6 Å². The molecule has 2 aromatic rings. The Morgan fingerprint density at radius 1 is 1.15 bits per heavy atom. The van der Waals surface area contributed by atoms with Crippen LogP contribution < -0.4 is 5.32 Å². The largest absolute Gasteiger partial charge is 0.311 e. The molecule has 1 aromatic carbocycles. The molecule has 0 fully saturated rings. The molecular weight excluding hydrogens is 253 g/mol. The predicted molar refractivity (Wildman–Crippen MR) is 78.0 cm³/mol. The van der Waals surface area contributed by atoms with E-state index in [0.29, 0.717) is 6.42 Å². The van der Waals surface area contributed by atoms with Gasteiger partial charge in [-0.25, -0.2) is 14.4 Å². The van der Waals surface area contributed by atoms with Crippen molar-refractivity contribution in [3.63, 3.8) is 0 Å². The summed E-state index contributed by atoms with van der Waals surface area (Å²) in [7, 11) is 0. The van der Waals surface area contributed by atoms with Gasteiger partial charge >= 0.3 is 0 Å². The Morgan fingerprint density at radius 3 is 2.60 bits per heavy atom. The second kappa shape index (κ2) is 7.10. The van der Waals surface area contributed by atoms with Crippen molar-refractivity contribution < 1.29 is 4.39 Å². The summed E-state index contributed by atoms with van der Waals surface area (Å²) in [6.07, 6.45) is 1.73. The third-order valence-electron chi connectivity index (χ3n) is 2.96. The number of aromatic nitrogens is 2. The standard InChI is InChI=1S/C16H20FN3/c1-3-8-18-11-15-9-12(2)19-16(20-15)10-13-4-6-14(17)7-5-13/h4-7,9,18H,3,8,10-11H2,1-2H3. The van der Waals surface area contributed by atoms with Gasteiger partial charge in [0.15, 0.2) is 0 Å². The van der Waals surface area contributed by atoms with E-state index in [9.17, 15) is 4.39 Å². The topological polar surface area (TPSA) is 37.8 Å². The number of hydrogen-bond donors (Lipinski definition) is 1. The van der Waals surface area contributed by atoms with E-state index in [1.165, 1.54) is 12.1 Å². The lowest BCUT2D eigenvalue weighted by molar-refractivity contribution is 0.627. The van der Waals surface area contributed by atoms with Crippen LogP contribution in [0.3, 0.4) is 0 Å². The molecule has 0 unspecified atom stereocenters. The van der Waals surface area contributed by atoms with Gasteiger partial charge in [0, 0.05) is 18.7 Å². The smallest absolute Gasteiger partial charge is 0.133 e. The molecule has 0 radical (unpaired) electrons. The van der Waals surface area contributed by atoms with Crippen molar-refractivity contribution >= 4 is 0 Å². The third kappa shape index (κ3) is 4.38. The fourth-order valence-electron chi connectivity index (χ4n) is 2.05. The second-order valence-electron chi connectivity index (χ2n) is 4.90. The lowest BCUT2D eigenvalue weighted by atomic mass is 10.1. The molecule has 0 atom stereocenters. The Labute approximate surface area is 119 Å². The van der Waals surface area contributed by atoms with Gasteiger partial charge in [0.25, 0.3) is 0 Å². The highest BCUT2D eigenvalue weighted by molar-refractivity contribution is 5.21. The SMILES string of the molecule is CCCNCc1cc(C)nc(Cc2ccc(F)cc2)n1. The first-order chi connectivity index (χ1) is 9.67. The Kier molecular flexibility index (Phi) is 5.18. The predicted octanol–water partition coefficient (Wildman–Crippen LogP) is 3.01. The maximum atomic E-state index is 12.9. The summed E-state index contributed by atoms with van der Waals surface area (Å²) in [6.45, 7) is 5.85. The third-order valence-corrected chi connectivity index (χ3v) is 2.96. The van der Waals surface area contributed by atoms with Crippen molar-refractivity contribution in [2.24, 2.45) is 0 Å². The summed E-state index contributed by atoms with van der Waals surface area (Å²) in [5, 5.41) is 3.34. The molecule has 1 aromatic heterocycles. The number of benzene rings is 1. The van der Waals surface area contributed by atoms with Crippen LogP contribution in [-0.4, -0.2) is 16.5 Å². The minimum Gasteiger partial charge on any atom is -0.311 e. The molecule has 4 heteroatoms. The van der Waals surface area contributed by atoms with Gasteiger partial charge in [-0.3, -0.25) is 0 Å². The average molecular weight is 273 g/mol. The van der Waals surface area contributed by atoms with E-state index in [0.717, 1.165) is 42.3 Å². The first kappa shape index (κ1) is 14.6. The highest BCUT2D eigenvalue weighted by Gasteiger charge is 2.04. The van der Waals surface area contributed by atoms with Crippen molar-refractivity contribution in [3.05, 3.63) is 58.9 Å². The molecular formula is C16H20FN3. The van der Waals surface area contributed by atoms with E-state index >= 15 is 0 Å². The maximum absolute atomic E-state index is 12.9. The highest BCUT2D eigenvalue weighted by atomic mass is 19.1. The molecule has 0 aliphatic rings. The Hall–Kier alpha value is -1.81. The van der Waals surface area contributed by atoms with Gasteiger partial charge < -0.3 is 5.32 Å². The summed E-state index contributed by atoms with van der Waals surface area (Å²) < 4.78 is 12.9. The van der Waals surface area contributed by atoms with Crippen LogP contribution >= 0.6 is 0 Å². The van der Waals surface area contributed by atoms with Crippen LogP contribution in [0, 0.1) is 12.7 Å². The van der Waals surface area contributed by atoms with Crippen molar-refractivity contribution in [3.8, 4) is 0 Å². The number of rotatable bonds is 6. The molecule has 2 rings (SSSR count). The van der Waals surface area contributed by atoms with E-state index in [4.69, 9.17) is 0 Å². The number of nitrogens with zero attached hydrogens (tertiary/aromatic N) is 2. The number of hydrogen-bond acceptors (Lipinski definition) is 3. The van der Waals surface area contributed by atoms with Gasteiger partial charge in [-0.15, -0.1) is 0 Å². The molecule has 1 N–H and O–H groups in total. The van der Waals surface area contributed by atoms with Gasteiger partial charge in [-0.1, -0.05) is 19.1 Å². The van der Waals surface area contributed by atoms with Gasteiger partial charge in [-0.2, -0.15) is 0 Å². The fraction of sp³-hybridized carbons (Fsp3) is 0.375. The minimum absolute atomic E-state index is 0.219. The summed E-state index contributed by atoms with van der Waals surface area (Å²) in [4.78, 5) is 9.00. The zero-order valence-corrected chi connectivity index (χ0v) is 12.0. The molecule has 3 nitrogen and oxygen atoms in total. The molecule has 0 aliphatic heterocycles. The second-order valence-corrected chi connectivity index (χ2v) is 4.90. The fourth-order valence-corrected chi connectivity index (χ4v) is 2.05. The monoisotopic (exact) mass is 273 g/mol. The normalized spacial score (nSPS) is 10.8. The van der Waals surface area contributed by atoms with Crippen LogP contribution in [0.2, 0.25) is 0 Å². The van der Waals surface area contributed by atoms with Crippen LogP contribution in [0.1, 0.15) is 36.1 Å². The highest BCUT2D eigenvalue weighted by Crippen LogP contribution is 2.09. The van der Waals surface area contributed by atoms with Gasteiger partial charge in [0.2, 0.25) is 0 Å². The molecule has 0 bridgehead atoms.